The Kier molecular flexibility index (Phi) is 5.09. The molecule has 0 atom stereocenters. The molecule has 118 valence electrons. The number of nitrogens with zero attached hydrogens (tertiary/aromatic N) is 1. The summed E-state index contributed by atoms with van der Waals surface area (Å²) in [5.41, 5.74) is 1.58. The number of allylic oxidation sites excluding steroid dienone is 2. The van der Waals surface area contributed by atoms with Gasteiger partial charge in [0, 0.05) is 0 Å². The molecule has 0 N–H and O–H groups in total. The Morgan fingerprint density at radius 1 is 0.826 bits per heavy atom. The van der Waals surface area contributed by atoms with E-state index in [4.69, 9.17) is 0 Å². The van der Waals surface area contributed by atoms with Crippen LogP contribution in [-0.2, 0) is 0 Å². The van der Waals surface area contributed by atoms with Crippen molar-refractivity contribution >= 4 is 27.2 Å². The minimum atomic E-state index is -1.89. The van der Waals surface area contributed by atoms with E-state index < -0.39 is 20.2 Å². The fourth-order valence-corrected chi connectivity index (χ4v) is 10.4. The molecule has 0 amide bonds. The Morgan fingerprint density at radius 3 is 1.83 bits per heavy atom. The summed E-state index contributed by atoms with van der Waals surface area (Å²) in [5, 5.41) is 0. The summed E-state index contributed by atoms with van der Waals surface area (Å²) in [6.45, 7) is 1.12. The van der Waals surface area contributed by atoms with Gasteiger partial charge in [-0.3, -0.25) is 0 Å². The van der Waals surface area contributed by atoms with Crippen molar-refractivity contribution in [1.82, 2.24) is 0 Å². The molecule has 2 aromatic carbocycles. The van der Waals surface area contributed by atoms with Gasteiger partial charge in [-0.1, -0.05) is 0 Å². The van der Waals surface area contributed by atoms with Gasteiger partial charge in [0.1, 0.15) is 0 Å². The van der Waals surface area contributed by atoms with E-state index in [9.17, 15) is 0 Å². The summed E-state index contributed by atoms with van der Waals surface area (Å²) in [6, 6.07) is 22.4. The second kappa shape index (κ2) is 7.07. The first-order chi connectivity index (χ1) is 11.0. The zero-order valence-corrected chi connectivity index (χ0v) is 16.8. The van der Waals surface area contributed by atoms with Crippen molar-refractivity contribution in [3.8, 4) is 0 Å². The Labute approximate surface area is 147 Å². The molecule has 0 aromatic heterocycles. The quantitative estimate of drug-likeness (QED) is 0.523. The number of hydrogen-bond donors (Lipinski definition) is 0. The average molecular weight is 413 g/mol. The van der Waals surface area contributed by atoms with Gasteiger partial charge >= 0.3 is 148 Å². The van der Waals surface area contributed by atoms with Crippen molar-refractivity contribution < 1.29 is 4.48 Å². The maximum atomic E-state index is 2.38. The van der Waals surface area contributed by atoms with E-state index >= 15 is 0 Å². The molecule has 0 heterocycles. The zero-order valence-electron chi connectivity index (χ0n) is 14.2. The first kappa shape index (κ1) is 16.6. The maximum absolute atomic E-state index is 2.38. The van der Waals surface area contributed by atoms with Crippen LogP contribution >= 0.6 is 0 Å². The normalized spacial score (nSPS) is 14.8. The number of quaternary nitrogens is 1. The molecule has 0 saturated carbocycles. The van der Waals surface area contributed by atoms with Gasteiger partial charge in [0.15, 0.2) is 0 Å². The van der Waals surface area contributed by atoms with Crippen LogP contribution in [-0.4, -0.2) is 52.4 Å². The monoisotopic (exact) mass is 412 g/mol. The molecule has 3 rings (SSSR count). The summed E-state index contributed by atoms with van der Waals surface area (Å²) >= 11 is -1.89. The Morgan fingerprint density at radius 2 is 1.35 bits per heavy atom. The van der Waals surface area contributed by atoms with E-state index in [0.717, 1.165) is 17.4 Å². The molecule has 0 bridgehead atoms. The van der Waals surface area contributed by atoms with Crippen LogP contribution in [0.4, 0.5) is 0 Å². The van der Waals surface area contributed by atoms with Crippen LogP contribution in [0.25, 0.3) is 0 Å². The molecule has 2 aromatic rings. The molecule has 1 aliphatic carbocycles. The molecule has 0 radical (unpaired) electrons. The van der Waals surface area contributed by atoms with E-state index in [1.54, 1.807) is 16.1 Å². The van der Waals surface area contributed by atoms with Gasteiger partial charge in [0.05, 0.1) is 0 Å². The molecule has 0 fully saturated rings. The Balaban J connectivity index is 2.07. The third-order valence-corrected chi connectivity index (χ3v) is 11.5. The van der Waals surface area contributed by atoms with Crippen molar-refractivity contribution in [2.45, 2.75) is 6.42 Å². The van der Waals surface area contributed by atoms with Gasteiger partial charge in [0.2, 0.25) is 0 Å². The van der Waals surface area contributed by atoms with Crippen LogP contribution in [0, 0.1) is 0 Å². The van der Waals surface area contributed by atoms with Crippen LogP contribution in [0.5, 0.6) is 0 Å². The predicted octanol–water partition coefficient (Wildman–Crippen LogP) is 2.80. The van der Waals surface area contributed by atoms with Crippen LogP contribution in [0.2, 0.25) is 0 Å². The SMILES string of the molecule is C[N+](C)(C)CC1=[C]([Sb]([c]2ccccc2)[c]2ccccc2)CC=C1. The fourth-order valence-electron chi connectivity index (χ4n) is 3.04. The van der Waals surface area contributed by atoms with E-state index in [0.29, 0.717) is 0 Å². The van der Waals surface area contributed by atoms with Gasteiger partial charge in [-0.2, -0.15) is 0 Å². The fraction of sp³-hybridized carbons (Fsp3) is 0.238. The topological polar surface area (TPSA) is 0 Å². The van der Waals surface area contributed by atoms with Gasteiger partial charge in [-0.05, 0) is 0 Å². The van der Waals surface area contributed by atoms with Gasteiger partial charge < -0.3 is 0 Å². The Bertz CT molecular complexity index is 669. The number of hydrogen-bond acceptors (Lipinski definition) is 0. The molecule has 0 spiro atoms. The van der Waals surface area contributed by atoms with Crippen LogP contribution in [0.1, 0.15) is 6.42 Å². The molecular weight excluding hydrogens is 388 g/mol. The molecule has 2 heteroatoms. The molecular formula is C21H25NSb+. The Hall–Kier alpha value is -1.30. The van der Waals surface area contributed by atoms with Crippen molar-refractivity contribution in [3.05, 3.63) is 81.9 Å². The van der Waals surface area contributed by atoms with Crippen molar-refractivity contribution in [2.24, 2.45) is 0 Å². The van der Waals surface area contributed by atoms with E-state index in [1.807, 2.05) is 0 Å². The zero-order chi connectivity index (χ0) is 16.3. The van der Waals surface area contributed by atoms with Crippen molar-refractivity contribution in [3.63, 3.8) is 0 Å². The number of likely N-dealkylation sites (N-methyl/N-ethyl adjacent to an activating group) is 1. The molecule has 1 nitrogen and oxygen atoms in total. The van der Waals surface area contributed by atoms with Gasteiger partial charge in [-0.25, -0.2) is 0 Å². The van der Waals surface area contributed by atoms with Crippen LogP contribution in [0.3, 0.4) is 0 Å². The summed E-state index contributed by atoms with van der Waals surface area (Å²) in [5.74, 6) is 0. The van der Waals surface area contributed by atoms with Crippen LogP contribution in [0.15, 0.2) is 81.9 Å². The second-order valence-corrected chi connectivity index (χ2v) is 13.4. The number of benzene rings is 2. The third kappa shape index (κ3) is 4.16. The summed E-state index contributed by atoms with van der Waals surface area (Å²) < 4.78 is 5.86. The van der Waals surface area contributed by atoms with Gasteiger partial charge in [-0.15, -0.1) is 0 Å². The van der Waals surface area contributed by atoms with E-state index in [2.05, 4.69) is 94.0 Å². The predicted molar refractivity (Wildman–Crippen MR) is 102 cm³/mol. The summed E-state index contributed by atoms with van der Waals surface area (Å²) in [7, 11) is 6.84. The molecule has 0 unspecified atom stereocenters. The molecule has 0 aliphatic heterocycles. The summed E-state index contributed by atoms with van der Waals surface area (Å²) in [6.07, 6.45) is 5.88. The second-order valence-electron chi connectivity index (χ2n) is 7.03. The first-order valence-corrected chi connectivity index (χ1v) is 12.0. The molecule has 1 aliphatic rings. The van der Waals surface area contributed by atoms with Gasteiger partial charge in [0.25, 0.3) is 0 Å². The standard InChI is InChI=1S/C9H15N.2C6H5.Sb/c1-10(2,3)8-9-6-4-5-7-9;2*1-2-4-6-5-3-1;/h4,6H,5,8H2,1-3H3;2*1-5H;/q+1;;;. The van der Waals surface area contributed by atoms with E-state index in [1.165, 1.54) is 0 Å². The van der Waals surface area contributed by atoms with Crippen LogP contribution < -0.4 is 7.02 Å². The molecule has 23 heavy (non-hydrogen) atoms. The summed E-state index contributed by atoms with van der Waals surface area (Å²) in [4.78, 5) is 0. The van der Waals surface area contributed by atoms with Crippen molar-refractivity contribution in [2.75, 3.05) is 27.7 Å². The molecule has 0 saturated heterocycles. The van der Waals surface area contributed by atoms with Crippen molar-refractivity contribution in [1.29, 1.82) is 0 Å². The first-order valence-electron chi connectivity index (χ1n) is 8.14. The average Bonchev–Trinajstić information content (AvgIpc) is 2.96. The third-order valence-electron chi connectivity index (χ3n) is 3.94. The minimum absolute atomic E-state index is 0.987. The number of rotatable bonds is 5. The van der Waals surface area contributed by atoms with E-state index in [-0.39, 0.29) is 0 Å².